The molecule has 0 saturated carbocycles. The zero-order valence-corrected chi connectivity index (χ0v) is 14.6. The average Bonchev–Trinajstić information content (AvgIpc) is 3.13. The second-order valence-corrected chi connectivity index (χ2v) is 6.01. The van der Waals surface area contributed by atoms with Gasteiger partial charge in [-0.1, -0.05) is 11.6 Å². The standard InChI is InChI=1S/C15H19ClN6O/c1-8-13(10(3)21(5)19-8)15-18-17-12(23-15)6-7-22-11(4)14(16)9(2)20-22/h6-7H2,1-5H3. The maximum absolute atomic E-state index is 6.16. The van der Waals surface area contributed by atoms with Crippen molar-refractivity contribution in [3.05, 3.63) is 33.7 Å². The Balaban J connectivity index is 1.78. The SMILES string of the molecule is Cc1nn(CCc2nnc(-c3c(C)nn(C)c3C)o2)c(C)c1Cl. The average molecular weight is 335 g/mol. The molecule has 122 valence electrons. The molecule has 0 spiro atoms. The van der Waals surface area contributed by atoms with E-state index < -0.39 is 0 Å². The number of hydrogen-bond donors (Lipinski definition) is 0. The molecule has 0 saturated heterocycles. The van der Waals surface area contributed by atoms with Crippen molar-refractivity contribution in [2.24, 2.45) is 7.05 Å². The fourth-order valence-corrected chi connectivity index (χ4v) is 2.77. The minimum atomic E-state index is 0.509. The van der Waals surface area contributed by atoms with Gasteiger partial charge in [-0.25, -0.2) is 0 Å². The molecule has 7 nitrogen and oxygen atoms in total. The highest BCUT2D eigenvalue weighted by atomic mass is 35.5. The molecule has 3 heterocycles. The summed E-state index contributed by atoms with van der Waals surface area (Å²) in [5.41, 5.74) is 4.56. The van der Waals surface area contributed by atoms with Crippen molar-refractivity contribution >= 4 is 11.6 Å². The smallest absolute Gasteiger partial charge is 0.251 e. The van der Waals surface area contributed by atoms with Crippen LogP contribution in [0.1, 0.15) is 28.7 Å². The van der Waals surface area contributed by atoms with E-state index in [2.05, 4.69) is 20.4 Å². The summed E-state index contributed by atoms with van der Waals surface area (Å²) in [6, 6.07) is 0. The van der Waals surface area contributed by atoms with E-state index in [0.29, 0.717) is 29.8 Å². The van der Waals surface area contributed by atoms with Gasteiger partial charge in [-0.2, -0.15) is 10.2 Å². The number of rotatable bonds is 4. The third-order valence-corrected chi connectivity index (χ3v) is 4.57. The lowest BCUT2D eigenvalue weighted by Crippen LogP contribution is -2.05. The second-order valence-electron chi connectivity index (χ2n) is 5.63. The van der Waals surface area contributed by atoms with Crippen LogP contribution in [0.3, 0.4) is 0 Å². The monoisotopic (exact) mass is 334 g/mol. The number of hydrogen-bond acceptors (Lipinski definition) is 5. The van der Waals surface area contributed by atoms with Crippen molar-refractivity contribution in [2.75, 3.05) is 0 Å². The molecule has 0 unspecified atom stereocenters. The molecule has 8 heteroatoms. The molecule has 3 aromatic heterocycles. The van der Waals surface area contributed by atoms with Gasteiger partial charge in [-0.3, -0.25) is 9.36 Å². The molecule has 0 aliphatic heterocycles. The lowest BCUT2D eigenvalue weighted by molar-refractivity contribution is 0.471. The zero-order valence-electron chi connectivity index (χ0n) is 13.9. The van der Waals surface area contributed by atoms with Crippen LogP contribution < -0.4 is 0 Å². The van der Waals surface area contributed by atoms with Crippen LogP contribution in [0.5, 0.6) is 0 Å². The molecule has 0 radical (unpaired) electrons. The summed E-state index contributed by atoms with van der Waals surface area (Å²) in [6.45, 7) is 8.40. The number of aryl methyl sites for hydroxylation is 5. The molecule has 0 bridgehead atoms. The Hall–Kier alpha value is -2.15. The van der Waals surface area contributed by atoms with Crippen LogP contribution in [-0.4, -0.2) is 29.8 Å². The molecule has 0 atom stereocenters. The van der Waals surface area contributed by atoms with Gasteiger partial charge in [0.15, 0.2) is 0 Å². The number of aromatic nitrogens is 6. The maximum atomic E-state index is 6.16. The predicted octanol–water partition coefficient (Wildman–Crippen LogP) is 2.80. The van der Waals surface area contributed by atoms with E-state index >= 15 is 0 Å². The zero-order chi connectivity index (χ0) is 16.7. The van der Waals surface area contributed by atoms with Gasteiger partial charge >= 0.3 is 0 Å². The van der Waals surface area contributed by atoms with Crippen molar-refractivity contribution in [3.8, 4) is 11.5 Å². The normalized spacial score (nSPS) is 11.4. The lowest BCUT2D eigenvalue weighted by Gasteiger charge is -2.01. The van der Waals surface area contributed by atoms with Crippen molar-refractivity contribution in [1.29, 1.82) is 0 Å². The highest BCUT2D eigenvalue weighted by Crippen LogP contribution is 2.25. The van der Waals surface area contributed by atoms with E-state index in [0.717, 1.165) is 28.3 Å². The fraction of sp³-hybridized carbons (Fsp3) is 0.467. The fourth-order valence-electron chi connectivity index (χ4n) is 2.63. The Morgan fingerprint density at radius 3 is 2.30 bits per heavy atom. The first-order valence-corrected chi connectivity index (χ1v) is 7.78. The van der Waals surface area contributed by atoms with Gasteiger partial charge in [0.2, 0.25) is 5.89 Å². The molecule has 3 rings (SSSR count). The molecule has 0 amide bonds. The van der Waals surface area contributed by atoms with Crippen molar-refractivity contribution in [2.45, 2.75) is 40.7 Å². The van der Waals surface area contributed by atoms with Gasteiger partial charge in [0.05, 0.1) is 27.7 Å². The molecular weight excluding hydrogens is 316 g/mol. The molecule has 0 N–H and O–H groups in total. The van der Waals surface area contributed by atoms with Crippen molar-refractivity contribution in [1.82, 2.24) is 29.8 Å². The summed E-state index contributed by atoms with van der Waals surface area (Å²) in [5, 5.41) is 17.8. The largest absolute Gasteiger partial charge is 0.420 e. The third kappa shape index (κ3) is 2.76. The molecule has 0 aromatic carbocycles. The molecule has 0 aliphatic rings. The Bertz CT molecular complexity index is 860. The molecular formula is C15H19ClN6O. The van der Waals surface area contributed by atoms with Crippen LogP contribution in [0.15, 0.2) is 4.42 Å². The molecule has 0 aliphatic carbocycles. The van der Waals surface area contributed by atoms with E-state index in [4.69, 9.17) is 16.0 Å². The van der Waals surface area contributed by atoms with Crippen molar-refractivity contribution in [3.63, 3.8) is 0 Å². The van der Waals surface area contributed by atoms with Gasteiger partial charge in [0.25, 0.3) is 5.89 Å². The highest BCUT2D eigenvalue weighted by Gasteiger charge is 2.18. The van der Waals surface area contributed by atoms with Crippen LogP contribution >= 0.6 is 11.6 Å². The van der Waals surface area contributed by atoms with Gasteiger partial charge in [0, 0.05) is 25.7 Å². The van der Waals surface area contributed by atoms with E-state index in [1.807, 2.05) is 44.1 Å². The van der Waals surface area contributed by atoms with Crippen LogP contribution in [0.4, 0.5) is 0 Å². The van der Waals surface area contributed by atoms with Gasteiger partial charge < -0.3 is 4.42 Å². The number of halogens is 1. The molecule has 0 fully saturated rings. The first-order chi connectivity index (χ1) is 10.9. The van der Waals surface area contributed by atoms with Gasteiger partial charge in [-0.15, -0.1) is 10.2 Å². The second kappa shape index (κ2) is 5.81. The van der Waals surface area contributed by atoms with E-state index in [1.165, 1.54) is 0 Å². The Kier molecular flexibility index (Phi) is 3.97. The maximum Gasteiger partial charge on any atom is 0.251 e. The first kappa shape index (κ1) is 15.7. The first-order valence-electron chi connectivity index (χ1n) is 7.41. The Morgan fingerprint density at radius 2 is 1.74 bits per heavy atom. The number of nitrogens with zero attached hydrogens (tertiary/aromatic N) is 6. The van der Waals surface area contributed by atoms with Crippen LogP contribution in [-0.2, 0) is 20.0 Å². The summed E-state index contributed by atoms with van der Waals surface area (Å²) in [6.07, 6.45) is 0.601. The topological polar surface area (TPSA) is 74.6 Å². The minimum Gasteiger partial charge on any atom is -0.420 e. The van der Waals surface area contributed by atoms with Crippen LogP contribution in [0, 0.1) is 27.7 Å². The molecule has 3 aromatic rings. The van der Waals surface area contributed by atoms with E-state index in [1.54, 1.807) is 0 Å². The summed E-state index contributed by atoms with van der Waals surface area (Å²) in [5.74, 6) is 1.08. The summed E-state index contributed by atoms with van der Waals surface area (Å²) < 4.78 is 9.47. The summed E-state index contributed by atoms with van der Waals surface area (Å²) in [4.78, 5) is 0. The molecule has 23 heavy (non-hydrogen) atoms. The lowest BCUT2D eigenvalue weighted by atomic mass is 10.2. The van der Waals surface area contributed by atoms with Crippen LogP contribution in [0.2, 0.25) is 5.02 Å². The van der Waals surface area contributed by atoms with E-state index in [-0.39, 0.29) is 0 Å². The summed E-state index contributed by atoms with van der Waals surface area (Å²) in [7, 11) is 1.90. The summed E-state index contributed by atoms with van der Waals surface area (Å²) >= 11 is 6.16. The highest BCUT2D eigenvalue weighted by molar-refractivity contribution is 6.31. The van der Waals surface area contributed by atoms with Gasteiger partial charge in [0.1, 0.15) is 0 Å². The third-order valence-electron chi connectivity index (χ3n) is 4.02. The van der Waals surface area contributed by atoms with Crippen LogP contribution in [0.25, 0.3) is 11.5 Å². The van der Waals surface area contributed by atoms with Gasteiger partial charge in [-0.05, 0) is 27.7 Å². The van der Waals surface area contributed by atoms with Crippen molar-refractivity contribution < 1.29 is 4.42 Å². The predicted molar refractivity (Wildman–Crippen MR) is 86.4 cm³/mol. The Labute approximate surface area is 139 Å². The Morgan fingerprint density at radius 1 is 1.00 bits per heavy atom. The van der Waals surface area contributed by atoms with E-state index in [9.17, 15) is 0 Å². The minimum absolute atomic E-state index is 0.509. The quantitative estimate of drug-likeness (QED) is 0.733.